The summed E-state index contributed by atoms with van der Waals surface area (Å²) in [4.78, 5) is 13.9. The van der Waals surface area contributed by atoms with E-state index in [1.54, 1.807) is 30.6 Å². The third kappa shape index (κ3) is 13.8. The van der Waals surface area contributed by atoms with E-state index in [1.807, 2.05) is 18.2 Å². The molecule has 1 aromatic heterocycles. The van der Waals surface area contributed by atoms with Crippen LogP contribution in [-0.2, 0) is 14.7 Å². The Morgan fingerprint density at radius 3 is 1.75 bits per heavy atom. The van der Waals surface area contributed by atoms with Gasteiger partial charge in [-0.15, -0.1) is 0 Å². The van der Waals surface area contributed by atoms with Gasteiger partial charge in [0.15, 0.2) is 6.29 Å². The number of aldehydes is 1. The number of para-hydroxylation sites is 1. The van der Waals surface area contributed by atoms with E-state index in [-0.39, 0.29) is 11.9 Å². The normalized spacial score (nSPS) is 7.75. The van der Waals surface area contributed by atoms with Crippen LogP contribution >= 0.6 is 27.9 Å². The second kappa shape index (κ2) is 14.8. The summed E-state index contributed by atoms with van der Waals surface area (Å²) in [5, 5.41) is 8.88. The summed E-state index contributed by atoms with van der Waals surface area (Å²) >= 11 is -1.92. The second-order valence-electron chi connectivity index (χ2n) is 2.92. The van der Waals surface area contributed by atoms with Gasteiger partial charge in [-0.25, -0.2) is 0 Å². The monoisotopic (exact) mass is 371 g/mol. The molecule has 20 heavy (non-hydrogen) atoms. The molecule has 0 fully saturated rings. The summed E-state index contributed by atoms with van der Waals surface area (Å²) in [6, 6.07) is 12.1. The van der Waals surface area contributed by atoms with Crippen molar-refractivity contribution in [1.82, 2.24) is 11.1 Å². The predicted octanol–water partition coefficient (Wildman–Crippen LogP) is 4.51. The number of carbonyl (C=O) groups is 1. The summed E-state index contributed by atoms with van der Waals surface area (Å²) in [5.41, 5.74) is 0.331. The first-order valence-corrected chi connectivity index (χ1v) is 11.4. The summed E-state index contributed by atoms with van der Waals surface area (Å²) in [6.07, 6.45) is 4.12. The molecule has 0 amide bonds. The zero-order valence-corrected chi connectivity index (χ0v) is 14.2. The number of aromatic hydroxyl groups is 1. The van der Waals surface area contributed by atoms with E-state index < -0.39 is 14.7 Å². The van der Waals surface area contributed by atoms with Gasteiger partial charge in [-0.3, -0.25) is 9.78 Å². The van der Waals surface area contributed by atoms with Gasteiger partial charge in [0.05, 0.1) is 5.56 Å². The van der Waals surface area contributed by atoms with Crippen molar-refractivity contribution in [2.45, 2.75) is 0 Å². The number of aromatic nitrogens is 1. The van der Waals surface area contributed by atoms with Gasteiger partial charge in [0.1, 0.15) is 5.75 Å². The van der Waals surface area contributed by atoms with Crippen molar-refractivity contribution in [3.63, 3.8) is 0 Å². The Morgan fingerprint density at radius 1 is 1.00 bits per heavy atom. The molecule has 0 aliphatic carbocycles. The number of pyridine rings is 1. The summed E-state index contributed by atoms with van der Waals surface area (Å²) < 4.78 is 0. The summed E-state index contributed by atoms with van der Waals surface area (Å²) in [6.45, 7) is 0. The fourth-order valence-corrected chi connectivity index (χ4v) is 0.900. The molecule has 4 nitrogen and oxygen atoms in total. The molecule has 1 heterocycles. The van der Waals surface area contributed by atoms with Gasteiger partial charge in [0, 0.05) is 12.4 Å². The molecule has 0 spiro atoms. The van der Waals surface area contributed by atoms with Gasteiger partial charge in [-0.05, 0) is 24.3 Å². The maximum atomic E-state index is 10.1. The van der Waals surface area contributed by atoms with E-state index in [1.165, 1.54) is 6.07 Å². The fraction of sp³-hybridized carbons (Fsp3) is 0. The van der Waals surface area contributed by atoms with Crippen LogP contribution in [0.3, 0.4) is 0 Å². The predicted molar refractivity (Wildman–Crippen MR) is 80.3 cm³/mol. The number of halogens is 3. The fourth-order valence-electron chi connectivity index (χ4n) is 0.900. The van der Waals surface area contributed by atoms with E-state index in [4.69, 9.17) is 33.0 Å². The molecule has 2 rings (SSSR count). The van der Waals surface area contributed by atoms with Crippen molar-refractivity contribution >= 4 is 34.2 Å². The zero-order chi connectivity index (χ0) is 14.5. The summed E-state index contributed by atoms with van der Waals surface area (Å²) in [5.74, 6) is 0.0347. The molecular formula is C12H14Cl3N2O2Ti. The standard InChI is InChI=1S/C7H6O2.C5H5N.3ClH.H3N.Ti/c8-5-6-3-1-2-4-7(6)9;1-2-4-6-5-3-1;;;;;/h1-5,9H;1-5H;3*1H;1H3;/q;;;;;;+3/p-3. The Bertz CT molecular complexity index is 432. The molecule has 0 saturated heterocycles. The molecule has 0 unspecified atom stereocenters. The Kier molecular flexibility index (Phi) is 16.0. The first-order chi connectivity index (χ1) is 9.07. The molecule has 0 aliphatic rings. The first-order valence-electron chi connectivity index (χ1n) is 4.99. The van der Waals surface area contributed by atoms with Crippen LogP contribution in [0, 0.1) is 0 Å². The minimum Gasteiger partial charge on any atom is -0.265 e. The van der Waals surface area contributed by atoms with Gasteiger partial charge in [-0.1, -0.05) is 18.2 Å². The van der Waals surface area contributed by atoms with E-state index in [0.717, 1.165) is 0 Å². The Balaban J connectivity index is 0. The van der Waals surface area contributed by atoms with Crippen LogP contribution in [0.25, 0.3) is 0 Å². The number of benzene rings is 1. The molecule has 0 atom stereocenters. The number of carbonyl (C=O) groups excluding carboxylic acids is 1. The van der Waals surface area contributed by atoms with Crippen molar-refractivity contribution in [3.8, 4) is 5.75 Å². The van der Waals surface area contributed by atoms with E-state index in [2.05, 4.69) is 4.98 Å². The van der Waals surface area contributed by atoms with Crippen LogP contribution in [0.4, 0.5) is 0 Å². The minimum atomic E-state index is -1.92. The summed E-state index contributed by atoms with van der Waals surface area (Å²) in [7, 11) is 14.9. The van der Waals surface area contributed by atoms with Crippen LogP contribution in [-0.4, -0.2) is 16.4 Å². The smallest absolute Gasteiger partial charge is 0.0267 e. The molecule has 1 aromatic carbocycles. The molecule has 0 radical (unpaired) electrons. The van der Waals surface area contributed by atoms with Gasteiger partial charge in [0.25, 0.3) is 0 Å². The number of hydrogen-bond acceptors (Lipinski definition) is 4. The zero-order valence-electron chi connectivity index (χ0n) is 10.4. The minimum absolute atomic E-state index is 0. The van der Waals surface area contributed by atoms with Crippen LogP contribution in [0.5, 0.6) is 5.75 Å². The third-order valence-corrected chi connectivity index (χ3v) is 1.63. The maximum absolute atomic E-state index is 10.1. The molecular weight excluding hydrogens is 358 g/mol. The van der Waals surface area contributed by atoms with Crippen molar-refractivity contribution in [2.75, 3.05) is 0 Å². The molecule has 0 bridgehead atoms. The number of phenols is 1. The first kappa shape index (κ1) is 21.7. The maximum Gasteiger partial charge on any atom is 0.0267 e. The molecule has 8 heteroatoms. The second-order valence-corrected chi connectivity index (χ2v) is 10.7. The number of phenolic OH excluding ortho intramolecular Hbond substituents is 1. The van der Waals surface area contributed by atoms with Crippen molar-refractivity contribution in [2.24, 2.45) is 0 Å². The van der Waals surface area contributed by atoms with Gasteiger partial charge in [0.2, 0.25) is 0 Å². The number of nitrogens with zero attached hydrogens (tertiary/aromatic N) is 1. The van der Waals surface area contributed by atoms with Gasteiger partial charge in [-0.2, -0.15) is 0 Å². The quantitative estimate of drug-likeness (QED) is 0.569. The molecule has 4 N–H and O–H groups in total. The molecule has 0 aliphatic heterocycles. The van der Waals surface area contributed by atoms with E-state index >= 15 is 0 Å². The molecule has 0 saturated carbocycles. The topological polar surface area (TPSA) is 85.2 Å². The van der Waals surface area contributed by atoms with E-state index in [0.29, 0.717) is 11.8 Å². The van der Waals surface area contributed by atoms with Crippen molar-refractivity contribution in [3.05, 3.63) is 60.4 Å². The largest absolute Gasteiger partial charge is 0.265 e. The number of rotatable bonds is 1. The molecule has 109 valence electrons. The average molecular weight is 372 g/mol. The van der Waals surface area contributed by atoms with Crippen molar-refractivity contribution < 1.29 is 24.6 Å². The van der Waals surface area contributed by atoms with Crippen LogP contribution in [0.15, 0.2) is 54.9 Å². The van der Waals surface area contributed by atoms with Crippen LogP contribution in [0.1, 0.15) is 10.4 Å². The average Bonchev–Trinajstić information content (AvgIpc) is 2.41. The Hall–Kier alpha value is -0.616. The number of hydrogen-bond donors (Lipinski definition) is 2. The molecule has 2 aromatic rings. The Morgan fingerprint density at radius 2 is 1.50 bits per heavy atom. The van der Waals surface area contributed by atoms with Gasteiger partial charge >= 0.3 is 42.6 Å². The van der Waals surface area contributed by atoms with Crippen LogP contribution < -0.4 is 6.15 Å². The van der Waals surface area contributed by atoms with E-state index in [9.17, 15) is 4.79 Å². The third-order valence-electron chi connectivity index (χ3n) is 1.63. The SMILES string of the molecule is N.O=Cc1ccccc1O.[Cl][Ti]([Cl])[Cl].c1ccncc1. The van der Waals surface area contributed by atoms with Gasteiger partial charge < -0.3 is 11.3 Å². The Labute approximate surface area is 135 Å². The van der Waals surface area contributed by atoms with Crippen LogP contribution in [0.2, 0.25) is 0 Å². The van der Waals surface area contributed by atoms with Crippen molar-refractivity contribution in [1.29, 1.82) is 0 Å².